The van der Waals surface area contributed by atoms with Crippen molar-refractivity contribution in [2.24, 2.45) is 0 Å². The molecule has 0 amide bonds. The number of nitrogens with zero attached hydrogens (tertiary/aromatic N) is 2. The van der Waals surface area contributed by atoms with Crippen LogP contribution in [0.5, 0.6) is 0 Å². The highest BCUT2D eigenvalue weighted by Gasteiger charge is 2.36. The predicted octanol–water partition coefficient (Wildman–Crippen LogP) is 2.49. The summed E-state index contributed by atoms with van der Waals surface area (Å²) in [7, 11) is 0. The van der Waals surface area contributed by atoms with Crippen LogP contribution in [0.3, 0.4) is 0 Å². The smallest absolute Gasteiger partial charge is 0.0984 e. The third kappa shape index (κ3) is 5.21. The lowest BCUT2D eigenvalue weighted by Gasteiger charge is -2.34. The standard InChI is InChI=1S/C25H30N2O4/c1-2-5-18(6-3-1)9-19-7-4-8-24(26(10-20-14-28-20)11-21-15-29-21)25(19)27(12-22-16-30-22)13-23-17-31-23/h1-8,20-23H,9-17H2. The summed E-state index contributed by atoms with van der Waals surface area (Å²) in [6.07, 6.45) is 2.21. The first-order valence-electron chi connectivity index (χ1n) is 11.4. The quantitative estimate of drug-likeness (QED) is 0.490. The van der Waals surface area contributed by atoms with Crippen molar-refractivity contribution in [3.05, 3.63) is 59.7 Å². The Morgan fingerprint density at radius 1 is 0.613 bits per heavy atom. The van der Waals surface area contributed by atoms with Crippen LogP contribution < -0.4 is 9.80 Å². The Balaban J connectivity index is 1.38. The Morgan fingerprint density at radius 3 is 1.65 bits per heavy atom. The first-order valence-corrected chi connectivity index (χ1v) is 11.4. The molecule has 6 heteroatoms. The Labute approximate surface area is 183 Å². The maximum atomic E-state index is 5.63. The molecule has 0 radical (unpaired) electrons. The van der Waals surface area contributed by atoms with Crippen LogP contribution in [0, 0.1) is 0 Å². The highest BCUT2D eigenvalue weighted by Crippen LogP contribution is 2.38. The molecule has 0 spiro atoms. The lowest BCUT2D eigenvalue weighted by atomic mass is 10.00. The summed E-state index contributed by atoms with van der Waals surface area (Å²) in [5.74, 6) is 0. The molecular weight excluding hydrogens is 392 g/mol. The van der Waals surface area contributed by atoms with Crippen molar-refractivity contribution in [3.8, 4) is 0 Å². The third-order valence-electron chi connectivity index (χ3n) is 6.30. The SMILES string of the molecule is c1ccc(Cc2cccc(N(CC3CO3)CC3CO3)c2N(CC2CO2)CC2CO2)cc1. The van der Waals surface area contributed by atoms with Crippen LogP contribution in [0.2, 0.25) is 0 Å². The molecule has 0 saturated carbocycles. The molecule has 6 rings (SSSR count). The molecule has 4 saturated heterocycles. The van der Waals surface area contributed by atoms with Gasteiger partial charge in [0.15, 0.2) is 0 Å². The Bertz CT molecular complexity index is 864. The molecule has 6 nitrogen and oxygen atoms in total. The van der Waals surface area contributed by atoms with Crippen LogP contribution in [-0.4, -0.2) is 77.0 Å². The largest absolute Gasteiger partial charge is 0.371 e. The van der Waals surface area contributed by atoms with Crippen LogP contribution in [-0.2, 0) is 25.4 Å². The molecule has 164 valence electrons. The average molecular weight is 423 g/mol. The third-order valence-corrected chi connectivity index (χ3v) is 6.30. The van der Waals surface area contributed by atoms with E-state index in [1.165, 1.54) is 22.5 Å². The maximum Gasteiger partial charge on any atom is 0.0984 e. The van der Waals surface area contributed by atoms with Gasteiger partial charge in [-0.3, -0.25) is 0 Å². The molecule has 4 unspecified atom stereocenters. The van der Waals surface area contributed by atoms with Gasteiger partial charge in [-0.25, -0.2) is 0 Å². The Hall–Kier alpha value is -2.12. The highest BCUT2D eigenvalue weighted by molar-refractivity contribution is 5.76. The first kappa shape index (κ1) is 19.6. The van der Waals surface area contributed by atoms with Crippen molar-refractivity contribution < 1.29 is 18.9 Å². The van der Waals surface area contributed by atoms with Gasteiger partial charge >= 0.3 is 0 Å². The van der Waals surface area contributed by atoms with E-state index in [0.717, 1.165) is 59.0 Å². The summed E-state index contributed by atoms with van der Waals surface area (Å²) in [4.78, 5) is 4.99. The Kier molecular flexibility index (Phi) is 5.32. The van der Waals surface area contributed by atoms with Gasteiger partial charge in [0.25, 0.3) is 0 Å². The van der Waals surface area contributed by atoms with Crippen molar-refractivity contribution in [2.45, 2.75) is 30.8 Å². The molecule has 0 aromatic heterocycles. The first-order chi connectivity index (χ1) is 15.3. The molecule has 0 N–H and O–H groups in total. The predicted molar refractivity (Wildman–Crippen MR) is 119 cm³/mol. The zero-order valence-corrected chi connectivity index (χ0v) is 17.8. The minimum absolute atomic E-state index is 0.323. The molecule has 4 heterocycles. The van der Waals surface area contributed by atoms with Gasteiger partial charge in [0.05, 0.1) is 62.2 Å². The number of hydrogen-bond acceptors (Lipinski definition) is 6. The van der Waals surface area contributed by atoms with E-state index in [9.17, 15) is 0 Å². The van der Waals surface area contributed by atoms with Gasteiger partial charge in [-0.1, -0.05) is 42.5 Å². The monoisotopic (exact) mass is 422 g/mol. The van der Waals surface area contributed by atoms with Gasteiger partial charge in [0, 0.05) is 26.2 Å². The fourth-order valence-corrected chi connectivity index (χ4v) is 4.36. The second-order valence-corrected chi connectivity index (χ2v) is 9.08. The second-order valence-electron chi connectivity index (χ2n) is 9.08. The number of hydrogen-bond donors (Lipinski definition) is 0. The van der Waals surface area contributed by atoms with E-state index in [1.807, 2.05) is 0 Å². The lowest BCUT2D eigenvalue weighted by Crippen LogP contribution is -2.37. The van der Waals surface area contributed by atoms with Gasteiger partial charge in [-0.05, 0) is 23.6 Å². The van der Waals surface area contributed by atoms with Crippen LogP contribution in [0.25, 0.3) is 0 Å². The van der Waals surface area contributed by atoms with Gasteiger partial charge in [0.2, 0.25) is 0 Å². The fourth-order valence-electron chi connectivity index (χ4n) is 4.36. The molecule has 4 fully saturated rings. The summed E-state index contributed by atoms with van der Waals surface area (Å²) >= 11 is 0. The maximum absolute atomic E-state index is 5.63. The van der Waals surface area contributed by atoms with Gasteiger partial charge in [0.1, 0.15) is 0 Å². The van der Waals surface area contributed by atoms with E-state index in [2.05, 4.69) is 58.3 Å². The molecule has 0 aliphatic carbocycles. The van der Waals surface area contributed by atoms with Crippen molar-refractivity contribution in [2.75, 3.05) is 62.4 Å². The van der Waals surface area contributed by atoms with E-state index >= 15 is 0 Å². The molecule has 4 aliphatic rings. The second kappa shape index (κ2) is 8.43. The molecule has 31 heavy (non-hydrogen) atoms. The number of anilines is 2. The summed E-state index contributed by atoms with van der Waals surface area (Å²) in [5.41, 5.74) is 5.27. The minimum Gasteiger partial charge on any atom is -0.371 e. The van der Waals surface area contributed by atoms with Crippen molar-refractivity contribution in [1.29, 1.82) is 0 Å². The molecule has 0 bridgehead atoms. The number of ether oxygens (including phenoxy) is 4. The summed E-state index contributed by atoms with van der Waals surface area (Å²) in [5, 5.41) is 0. The van der Waals surface area contributed by atoms with Gasteiger partial charge in [-0.2, -0.15) is 0 Å². The summed E-state index contributed by atoms with van der Waals surface area (Å²) in [6, 6.07) is 17.5. The molecule has 4 atom stereocenters. The van der Waals surface area contributed by atoms with E-state index in [0.29, 0.717) is 24.4 Å². The topological polar surface area (TPSA) is 56.6 Å². The van der Waals surface area contributed by atoms with Crippen molar-refractivity contribution in [3.63, 3.8) is 0 Å². The van der Waals surface area contributed by atoms with Crippen molar-refractivity contribution >= 4 is 11.4 Å². The Morgan fingerprint density at radius 2 is 1.13 bits per heavy atom. The number of benzene rings is 2. The molecule has 2 aromatic carbocycles. The van der Waals surface area contributed by atoms with Gasteiger partial charge < -0.3 is 28.7 Å². The fraction of sp³-hybridized carbons (Fsp3) is 0.520. The lowest BCUT2D eigenvalue weighted by molar-refractivity contribution is 0.386. The summed E-state index contributed by atoms with van der Waals surface area (Å²) < 4.78 is 22.5. The van der Waals surface area contributed by atoms with E-state index in [-0.39, 0.29) is 0 Å². The van der Waals surface area contributed by atoms with E-state index < -0.39 is 0 Å². The van der Waals surface area contributed by atoms with Crippen LogP contribution in [0.15, 0.2) is 48.5 Å². The molecule has 2 aromatic rings. The zero-order valence-electron chi connectivity index (χ0n) is 17.8. The summed E-state index contributed by atoms with van der Waals surface area (Å²) in [6.45, 7) is 7.07. The van der Waals surface area contributed by atoms with Crippen LogP contribution >= 0.6 is 0 Å². The van der Waals surface area contributed by atoms with E-state index in [4.69, 9.17) is 18.9 Å². The van der Waals surface area contributed by atoms with E-state index in [1.54, 1.807) is 0 Å². The highest BCUT2D eigenvalue weighted by atomic mass is 16.6. The minimum atomic E-state index is 0.323. The van der Waals surface area contributed by atoms with Crippen molar-refractivity contribution in [1.82, 2.24) is 0 Å². The number of para-hydroxylation sites is 1. The van der Waals surface area contributed by atoms with Gasteiger partial charge in [-0.15, -0.1) is 0 Å². The normalized spacial score (nSPS) is 27.6. The van der Waals surface area contributed by atoms with Crippen LogP contribution in [0.1, 0.15) is 11.1 Å². The average Bonchev–Trinajstić information content (AvgIpc) is 3.62. The number of rotatable bonds is 12. The molecule has 4 aliphatic heterocycles. The zero-order chi connectivity index (χ0) is 20.6. The van der Waals surface area contributed by atoms with Crippen LogP contribution in [0.4, 0.5) is 11.4 Å². The number of epoxide rings is 4. The molecular formula is C25H30N2O4.